The zero-order valence-electron chi connectivity index (χ0n) is 12.9. The van der Waals surface area contributed by atoms with E-state index in [9.17, 15) is 4.79 Å². The van der Waals surface area contributed by atoms with Gasteiger partial charge in [-0.2, -0.15) is 5.10 Å². The predicted molar refractivity (Wildman–Crippen MR) is 81.2 cm³/mol. The number of carbonyl (C=O) groups excluding carboxylic acids is 1. The summed E-state index contributed by atoms with van der Waals surface area (Å²) in [4.78, 5) is 22.9. The van der Waals surface area contributed by atoms with Gasteiger partial charge in [0, 0.05) is 50.8 Å². The molecule has 0 aromatic carbocycles. The number of aryl methyl sites for hydroxylation is 2. The summed E-state index contributed by atoms with van der Waals surface area (Å²) in [5, 5.41) is 6.83. The maximum atomic E-state index is 12.5. The van der Waals surface area contributed by atoms with Crippen LogP contribution >= 0.6 is 0 Å². The van der Waals surface area contributed by atoms with E-state index in [-0.39, 0.29) is 11.8 Å². The van der Waals surface area contributed by atoms with E-state index in [1.54, 1.807) is 6.20 Å². The summed E-state index contributed by atoms with van der Waals surface area (Å²) in [6, 6.07) is 0. The molecule has 0 aliphatic carbocycles. The van der Waals surface area contributed by atoms with Crippen molar-refractivity contribution in [3.05, 3.63) is 30.4 Å². The Morgan fingerprint density at radius 2 is 2.36 bits per heavy atom. The van der Waals surface area contributed by atoms with Crippen LogP contribution in [0.25, 0.3) is 0 Å². The molecular weight excluding hydrogens is 280 g/mol. The van der Waals surface area contributed by atoms with Crippen molar-refractivity contribution in [3.8, 4) is 0 Å². The molecule has 0 spiro atoms. The highest BCUT2D eigenvalue weighted by atomic mass is 16.2. The van der Waals surface area contributed by atoms with Gasteiger partial charge in [0.1, 0.15) is 18.0 Å². The molecule has 1 fully saturated rings. The number of likely N-dealkylation sites (tertiary alicyclic amines) is 1. The number of amides is 1. The summed E-state index contributed by atoms with van der Waals surface area (Å²) < 4.78 is 2.07. The molecule has 1 N–H and O–H groups in total. The Kier molecular flexibility index (Phi) is 4.50. The van der Waals surface area contributed by atoms with E-state index >= 15 is 0 Å². The van der Waals surface area contributed by atoms with Crippen molar-refractivity contribution in [3.63, 3.8) is 0 Å². The fourth-order valence-electron chi connectivity index (χ4n) is 3.07. The molecule has 0 radical (unpaired) electrons. The van der Waals surface area contributed by atoms with Gasteiger partial charge in [0.05, 0.1) is 0 Å². The molecule has 0 bridgehead atoms. The standard InChI is InChI=1S/C15H22N6O/c1-2-13-16-6-9-20(13)8-5-14(22)21-7-3-4-12(10-21)15-17-11-18-19-15/h6,9,11-12H,2-5,7-8,10H2,1H3,(H,17,18,19). The number of hydrogen-bond donors (Lipinski definition) is 1. The van der Waals surface area contributed by atoms with Crippen LogP contribution in [0.15, 0.2) is 18.7 Å². The number of hydrogen-bond acceptors (Lipinski definition) is 4. The lowest BCUT2D eigenvalue weighted by molar-refractivity contribution is -0.132. The number of nitrogens with one attached hydrogen (secondary N) is 1. The summed E-state index contributed by atoms with van der Waals surface area (Å²) in [5.41, 5.74) is 0. The first kappa shape index (κ1) is 14.7. The highest BCUT2D eigenvalue weighted by Crippen LogP contribution is 2.24. The van der Waals surface area contributed by atoms with Gasteiger partial charge in [-0.1, -0.05) is 6.92 Å². The fourth-order valence-corrected chi connectivity index (χ4v) is 3.07. The molecule has 3 heterocycles. The number of carbonyl (C=O) groups is 1. The van der Waals surface area contributed by atoms with E-state index in [1.165, 1.54) is 6.33 Å². The number of aromatic amines is 1. The number of H-pyrrole nitrogens is 1. The first-order valence-corrected chi connectivity index (χ1v) is 7.91. The molecule has 1 aliphatic heterocycles. The van der Waals surface area contributed by atoms with Crippen LogP contribution in [0.5, 0.6) is 0 Å². The first-order valence-electron chi connectivity index (χ1n) is 7.91. The molecule has 2 aromatic heterocycles. The summed E-state index contributed by atoms with van der Waals surface area (Å²) >= 11 is 0. The van der Waals surface area contributed by atoms with Crippen LogP contribution < -0.4 is 0 Å². The van der Waals surface area contributed by atoms with Gasteiger partial charge in [-0.05, 0) is 12.8 Å². The van der Waals surface area contributed by atoms with E-state index in [0.717, 1.165) is 44.0 Å². The van der Waals surface area contributed by atoms with Gasteiger partial charge in [-0.15, -0.1) is 0 Å². The number of aromatic nitrogens is 5. The van der Waals surface area contributed by atoms with Crippen molar-refractivity contribution in [2.75, 3.05) is 13.1 Å². The third-order valence-corrected chi connectivity index (χ3v) is 4.28. The lowest BCUT2D eigenvalue weighted by atomic mass is 9.97. The Labute approximate surface area is 129 Å². The van der Waals surface area contributed by atoms with E-state index in [2.05, 4.69) is 31.7 Å². The van der Waals surface area contributed by atoms with Gasteiger partial charge in [0.15, 0.2) is 0 Å². The zero-order chi connectivity index (χ0) is 15.4. The maximum Gasteiger partial charge on any atom is 0.224 e. The Morgan fingerprint density at radius 1 is 1.45 bits per heavy atom. The zero-order valence-corrected chi connectivity index (χ0v) is 12.9. The Hall–Kier alpha value is -2.18. The summed E-state index contributed by atoms with van der Waals surface area (Å²) in [7, 11) is 0. The average Bonchev–Trinajstić information content (AvgIpc) is 3.23. The molecule has 1 saturated heterocycles. The normalized spacial score (nSPS) is 18.6. The van der Waals surface area contributed by atoms with Gasteiger partial charge in [-0.25, -0.2) is 9.97 Å². The predicted octanol–water partition coefficient (Wildman–Crippen LogP) is 1.36. The number of nitrogens with zero attached hydrogens (tertiary/aromatic N) is 5. The smallest absolute Gasteiger partial charge is 0.224 e. The first-order chi connectivity index (χ1) is 10.8. The van der Waals surface area contributed by atoms with Crippen molar-refractivity contribution in [2.24, 2.45) is 0 Å². The number of piperidine rings is 1. The van der Waals surface area contributed by atoms with Crippen LogP contribution in [0.4, 0.5) is 0 Å². The third-order valence-electron chi connectivity index (χ3n) is 4.28. The fraction of sp³-hybridized carbons (Fsp3) is 0.600. The molecule has 1 atom stereocenters. The van der Waals surface area contributed by atoms with Gasteiger partial charge in [-0.3, -0.25) is 9.89 Å². The third kappa shape index (κ3) is 3.18. The van der Waals surface area contributed by atoms with Crippen LogP contribution in [0, 0.1) is 0 Å². The second kappa shape index (κ2) is 6.72. The minimum Gasteiger partial charge on any atom is -0.342 e. The SMILES string of the molecule is CCc1nccn1CCC(=O)N1CCCC(c2ncn[nH]2)C1. The molecular formula is C15H22N6O. The van der Waals surface area contributed by atoms with Crippen LogP contribution in [0.3, 0.4) is 0 Å². The number of rotatable bonds is 5. The minimum absolute atomic E-state index is 0.208. The molecule has 118 valence electrons. The van der Waals surface area contributed by atoms with Crippen LogP contribution in [0.1, 0.15) is 43.8 Å². The quantitative estimate of drug-likeness (QED) is 0.904. The van der Waals surface area contributed by atoms with E-state index in [1.807, 2.05) is 11.1 Å². The molecule has 7 nitrogen and oxygen atoms in total. The molecule has 22 heavy (non-hydrogen) atoms. The van der Waals surface area contributed by atoms with Crippen LogP contribution in [-0.2, 0) is 17.8 Å². The molecule has 7 heteroatoms. The van der Waals surface area contributed by atoms with Gasteiger partial charge in [0.2, 0.25) is 5.91 Å². The topological polar surface area (TPSA) is 79.7 Å². The summed E-state index contributed by atoms with van der Waals surface area (Å²) in [6.07, 6.45) is 8.75. The summed E-state index contributed by atoms with van der Waals surface area (Å²) in [5.74, 6) is 2.41. The maximum absolute atomic E-state index is 12.5. The second-order valence-corrected chi connectivity index (χ2v) is 5.69. The lowest BCUT2D eigenvalue weighted by Gasteiger charge is -2.31. The van der Waals surface area contributed by atoms with E-state index < -0.39 is 0 Å². The molecule has 3 rings (SSSR count). The van der Waals surface area contributed by atoms with Crippen molar-refractivity contribution >= 4 is 5.91 Å². The van der Waals surface area contributed by atoms with Gasteiger partial charge < -0.3 is 9.47 Å². The molecule has 1 unspecified atom stereocenters. The molecule has 1 aliphatic rings. The minimum atomic E-state index is 0.208. The van der Waals surface area contributed by atoms with Crippen molar-refractivity contribution in [2.45, 2.75) is 45.1 Å². The lowest BCUT2D eigenvalue weighted by Crippen LogP contribution is -2.39. The molecule has 1 amide bonds. The molecule has 0 saturated carbocycles. The number of imidazole rings is 1. The Balaban J connectivity index is 1.55. The largest absolute Gasteiger partial charge is 0.342 e. The monoisotopic (exact) mass is 302 g/mol. The Bertz CT molecular complexity index is 605. The van der Waals surface area contributed by atoms with E-state index in [4.69, 9.17) is 0 Å². The Morgan fingerprint density at radius 3 is 3.14 bits per heavy atom. The van der Waals surface area contributed by atoms with Gasteiger partial charge in [0.25, 0.3) is 0 Å². The summed E-state index contributed by atoms with van der Waals surface area (Å²) in [6.45, 7) is 4.35. The van der Waals surface area contributed by atoms with Crippen LogP contribution in [-0.4, -0.2) is 48.6 Å². The van der Waals surface area contributed by atoms with Crippen molar-refractivity contribution in [1.29, 1.82) is 0 Å². The van der Waals surface area contributed by atoms with Gasteiger partial charge >= 0.3 is 0 Å². The van der Waals surface area contributed by atoms with E-state index in [0.29, 0.717) is 13.0 Å². The average molecular weight is 302 g/mol. The highest BCUT2D eigenvalue weighted by molar-refractivity contribution is 5.76. The van der Waals surface area contributed by atoms with Crippen molar-refractivity contribution in [1.82, 2.24) is 29.6 Å². The van der Waals surface area contributed by atoms with Crippen LogP contribution in [0.2, 0.25) is 0 Å². The molecule has 2 aromatic rings. The second-order valence-electron chi connectivity index (χ2n) is 5.69. The van der Waals surface area contributed by atoms with Crippen molar-refractivity contribution < 1.29 is 4.79 Å². The highest BCUT2D eigenvalue weighted by Gasteiger charge is 2.26.